The van der Waals surface area contributed by atoms with Crippen molar-refractivity contribution in [1.29, 1.82) is 0 Å². The van der Waals surface area contributed by atoms with Crippen LogP contribution in [-0.2, 0) is 0 Å². The van der Waals surface area contributed by atoms with Crippen LogP contribution in [0.25, 0.3) is 50.1 Å². The average molecular weight is 803 g/mol. The van der Waals surface area contributed by atoms with Crippen molar-refractivity contribution in [2.24, 2.45) is 0 Å². The zero-order chi connectivity index (χ0) is 41.7. The molecule has 2 heterocycles. The van der Waals surface area contributed by atoms with Crippen molar-refractivity contribution >= 4 is 57.1 Å². The molecule has 0 unspecified atom stereocenters. The minimum absolute atomic E-state index is 0.0460. The van der Waals surface area contributed by atoms with E-state index in [1.165, 1.54) is 100 Å². The van der Waals surface area contributed by atoms with E-state index in [-0.39, 0.29) is 6.71 Å². The molecule has 0 fully saturated rings. The van der Waals surface area contributed by atoms with Crippen molar-refractivity contribution in [1.82, 2.24) is 0 Å². The number of fused-ring (bicyclic) bond motifs is 4. The molecule has 1 aliphatic carbocycles. The number of para-hydroxylation sites is 1. The van der Waals surface area contributed by atoms with Crippen LogP contribution in [0, 0.1) is 0 Å². The molecule has 3 aliphatic rings. The molecule has 9 aromatic carbocycles. The zero-order valence-corrected chi connectivity index (χ0v) is 34.9. The van der Waals surface area contributed by atoms with E-state index in [0.29, 0.717) is 0 Å². The third kappa shape index (κ3) is 6.44. The first-order valence-electron chi connectivity index (χ1n) is 22.1. The van der Waals surface area contributed by atoms with Gasteiger partial charge in [-0.3, -0.25) is 0 Å². The maximum Gasteiger partial charge on any atom is 0.252 e. The monoisotopic (exact) mass is 802 g/mol. The van der Waals surface area contributed by atoms with Gasteiger partial charge in [0.05, 0.1) is 5.69 Å². The van der Waals surface area contributed by atoms with Gasteiger partial charge in [-0.25, -0.2) is 0 Å². The van der Waals surface area contributed by atoms with Crippen molar-refractivity contribution in [2.75, 3.05) is 9.80 Å². The Morgan fingerprint density at radius 3 is 1.37 bits per heavy atom. The first-order chi connectivity index (χ1) is 31.3. The Balaban J connectivity index is 1.19. The third-order valence-electron chi connectivity index (χ3n) is 13.1. The van der Waals surface area contributed by atoms with Crippen LogP contribution in [0.1, 0.15) is 18.4 Å². The standard InChI is InChI=1S/C60H43BN2/c1-6-19-42(20-7-1)47-29-18-30-51(37-47)62-56-35-33-48(43-21-8-2-9-22-43)38-53(56)61-54-39-49(44-23-10-3-11-24-44)34-36-57(54)63(55-32-17-16-31-52(55)46-27-14-5-15-28-46)59-41-50(40-58(62)60(59)61)45-25-12-4-13-26-45/h1-17,19-28,30-41H,18,29H2. The van der Waals surface area contributed by atoms with Gasteiger partial charge >= 0.3 is 0 Å². The molecule has 0 bridgehead atoms. The molecule has 0 N–H and O–H groups in total. The van der Waals surface area contributed by atoms with Crippen LogP contribution < -0.4 is 26.2 Å². The van der Waals surface area contributed by atoms with Gasteiger partial charge in [-0.15, -0.1) is 0 Å². The maximum atomic E-state index is 2.58. The normalized spacial score (nSPS) is 13.7. The van der Waals surface area contributed by atoms with Crippen molar-refractivity contribution in [2.45, 2.75) is 12.8 Å². The first kappa shape index (κ1) is 36.9. The molecule has 63 heavy (non-hydrogen) atoms. The SMILES string of the molecule is C1=C(c2ccccc2)CCC=C1N1c2ccc(-c3ccccc3)cc2B2c3cc(-c4ccccc4)ccc3N(c3ccccc3-c3ccccc3)c3cc(-c4ccccc4)cc1c32. The van der Waals surface area contributed by atoms with E-state index in [0.717, 1.165) is 18.5 Å². The molecule has 0 saturated carbocycles. The largest absolute Gasteiger partial charge is 0.312 e. The van der Waals surface area contributed by atoms with Crippen LogP contribution in [0.2, 0.25) is 0 Å². The molecule has 2 aliphatic heterocycles. The molecule has 3 heteroatoms. The Hall–Kier alpha value is -7.88. The highest BCUT2D eigenvalue weighted by Crippen LogP contribution is 2.48. The fourth-order valence-corrected chi connectivity index (χ4v) is 10.2. The number of allylic oxidation sites excluding steroid dienone is 3. The minimum Gasteiger partial charge on any atom is -0.312 e. The molecule has 0 radical (unpaired) electrons. The van der Waals surface area contributed by atoms with Crippen molar-refractivity contribution in [3.63, 3.8) is 0 Å². The zero-order valence-electron chi connectivity index (χ0n) is 34.9. The van der Waals surface area contributed by atoms with E-state index >= 15 is 0 Å². The summed E-state index contributed by atoms with van der Waals surface area (Å²) >= 11 is 0. The molecule has 2 nitrogen and oxygen atoms in total. The lowest BCUT2D eigenvalue weighted by Crippen LogP contribution is -2.61. The highest BCUT2D eigenvalue weighted by atomic mass is 15.2. The van der Waals surface area contributed by atoms with E-state index in [4.69, 9.17) is 0 Å². The predicted molar refractivity (Wildman–Crippen MR) is 268 cm³/mol. The molecular formula is C60H43BN2. The quantitative estimate of drug-likeness (QED) is 0.148. The smallest absolute Gasteiger partial charge is 0.252 e. The molecule has 296 valence electrons. The van der Waals surface area contributed by atoms with E-state index in [1.54, 1.807) is 0 Å². The van der Waals surface area contributed by atoms with E-state index in [9.17, 15) is 0 Å². The molecule has 0 saturated heterocycles. The lowest BCUT2D eigenvalue weighted by atomic mass is 9.33. The summed E-state index contributed by atoms with van der Waals surface area (Å²) in [6.07, 6.45) is 6.87. The lowest BCUT2D eigenvalue weighted by molar-refractivity contribution is 1.01. The number of hydrogen-bond donors (Lipinski definition) is 0. The van der Waals surface area contributed by atoms with Crippen LogP contribution in [-0.4, -0.2) is 6.71 Å². The number of benzene rings is 9. The van der Waals surface area contributed by atoms with Crippen LogP contribution in [0.3, 0.4) is 0 Å². The number of rotatable bonds is 7. The molecule has 9 aromatic rings. The summed E-state index contributed by atoms with van der Waals surface area (Å²) in [6, 6.07) is 82.7. The number of hydrogen-bond acceptors (Lipinski definition) is 2. The second-order valence-electron chi connectivity index (χ2n) is 16.8. The van der Waals surface area contributed by atoms with Gasteiger partial charge in [-0.1, -0.05) is 200 Å². The minimum atomic E-state index is -0.0460. The molecule has 12 rings (SSSR count). The summed E-state index contributed by atoms with van der Waals surface area (Å²) in [5, 5.41) is 0. The Labute approximate surface area is 370 Å². The summed E-state index contributed by atoms with van der Waals surface area (Å²) in [7, 11) is 0. The van der Waals surface area contributed by atoms with Crippen LogP contribution in [0.5, 0.6) is 0 Å². The molecular weight excluding hydrogens is 759 g/mol. The first-order valence-corrected chi connectivity index (χ1v) is 22.1. The predicted octanol–water partition coefficient (Wildman–Crippen LogP) is 13.9. The van der Waals surface area contributed by atoms with E-state index in [1.807, 2.05) is 0 Å². The average Bonchev–Trinajstić information content (AvgIpc) is 3.37. The maximum absolute atomic E-state index is 2.58. The second-order valence-corrected chi connectivity index (χ2v) is 16.8. The Kier molecular flexibility index (Phi) is 9.11. The van der Waals surface area contributed by atoms with Gasteiger partial charge in [0.15, 0.2) is 0 Å². The second kappa shape index (κ2) is 15.5. The van der Waals surface area contributed by atoms with Crippen LogP contribution >= 0.6 is 0 Å². The van der Waals surface area contributed by atoms with Crippen molar-refractivity contribution in [3.8, 4) is 44.5 Å². The molecule has 0 amide bonds. The van der Waals surface area contributed by atoms with Crippen molar-refractivity contribution in [3.05, 3.63) is 248 Å². The number of anilines is 5. The van der Waals surface area contributed by atoms with Crippen LogP contribution in [0.15, 0.2) is 242 Å². The Bertz CT molecular complexity index is 3210. The Morgan fingerprint density at radius 2 is 0.794 bits per heavy atom. The fourth-order valence-electron chi connectivity index (χ4n) is 10.2. The van der Waals surface area contributed by atoms with Gasteiger partial charge in [0.1, 0.15) is 0 Å². The summed E-state index contributed by atoms with van der Waals surface area (Å²) in [5.74, 6) is 0. The van der Waals surface area contributed by atoms with Gasteiger partial charge in [0.2, 0.25) is 0 Å². The van der Waals surface area contributed by atoms with E-state index < -0.39 is 0 Å². The fraction of sp³-hybridized carbons (Fsp3) is 0.0333. The lowest BCUT2D eigenvalue weighted by Gasteiger charge is -2.45. The molecule has 0 atom stereocenters. The topological polar surface area (TPSA) is 6.48 Å². The molecule has 0 aromatic heterocycles. The third-order valence-corrected chi connectivity index (χ3v) is 13.1. The Morgan fingerprint density at radius 1 is 0.333 bits per heavy atom. The molecule has 0 spiro atoms. The summed E-state index contributed by atoms with van der Waals surface area (Å²) in [4.78, 5) is 5.15. The van der Waals surface area contributed by atoms with E-state index in [2.05, 4.69) is 246 Å². The van der Waals surface area contributed by atoms with Gasteiger partial charge in [-0.2, -0.15) is 0 Å². The van der Waals surface area contributed by atoms with Gasteiger partial charge in [0, 0.05) is 34.0 Å². The highest BCUT2D eigenvalue weighted by Gasteiger charge is 2.44. The summed E-state index contributed by atoms with van der Waals surface area (Å²) < 4.78 is 0. The summed E-state index contributed by atoms with van der Waals surface area (Å²) in [6.45, 7) is -0.0460. The van der Waals surface area contributed by atoms with Gasteiger partial charge in [-0.05, 0) is 116 Å². The van der Waals surface area contributed by atoms with Crippen molar-refractivity contribution < 1.29 is 0 Å². The van der Waals surface area contributed by atoms with Gasteiger partial charge in [0.25, 0.3) is 6.71 Å². The number of nitrogens with zero attached hydrogens (tertiary/aromatic N) is 2. The summed E-state index contributed by atoms with van der Waals surface area (Å²) in [5.41, 5.74) is 23.4. The highest BCUT2D eigenvalue weighted by molar-refractivity contribution is 7.00. The van der Waals surface area contributed by atoms with Gasteiger partial charge < -0.3 is 9.80 Å². The van der Waals surface area contributed by atoms with Crippen LogP contribution in [0.4, 0.5) is 28.4 Å².